The molecule has 0 unspecified atom stereocenters. The Morgan fingerprint density at radius 1 is 1.39 bits per heavy atom. The maximum absolute atomic E-state index is 11.3. The monoisotopic (exact) mass is 267 g/mol. The summed E-state index contributed by atoms with van der Waals surface area (Å²) in [6.45, 7) is 5.65. The third kappa shape index (κ3) is 3.83. The first-order valence-corrected chi connectivity index (χ1v) is 7.04. The van der Waals surface area contributed by atoms with Crippen LogP contribution in [0.2, 0.25) is 0 Å². The number of rotatable bonds is 4. The van der Waals surface area contributed by atoms with Gasteiger partial charge in [0.15, 0.2) is 0 Å². The van der Waals surface area contributed by atoms with E-state index in [2.05, 4.69) is 6.07 Å². The third-order valence-electron chi connectivity index (χ3n) is 2.72. The summed E-state index contributed by atoms with van der Waals surface area (Å²) in [6, 6.07) is 6.88. The zero-order valence-corrected chi connectivity index (χ0v) is 11.6. The Kier molecular flexibility index (Phi) is 4.15. The Balaban J connectivity index is 3.24. The summed E-state index contributed by atoms with van der Waals surface area (Å²) in [5.41, 5.74) is 1.14. The van der Waals surface area contributed by atoms with Crippen LogP contribution in [0, 0.1) is 23.7 Å². The van der Waals surface area contributed by atoms with Crippen LogP contribution >= 0.6 is 0 Å². The van der Waals surface area contributed by atoms with Crippen molar-refractivity contribution < 1.29 is 13.0 Å². The number of hydrogen-bond acceptors (Lipinski definition) is 3. The summed E-state index contributed by atoms with van der Waals surface area (Å²) in [7, 11) is -4.22. The first-order chi connectivity index (χ1) is 8.15. The predicted molar refractivity (Wildman–Crippen MR) is 68.7 cm³/mol. The standard InChI is InChI=1S/C13H17NO3S/c1-10-4-5-12(18(15,16)17)11(8-10)9-13(2,3)6-7-14/h4-5,8H,6,9H2,1-3H3,(H,15,16,17). The van der Waals surface area contributed by atoms with Crippen LogP contribution in [-0.2, 0) is 16.5 Å². The minimum Gasteiger partial charge on any atom is -0.282 e. The van der Waals surface area contributed by atoms with Crippen LogP contribution in [0.3, 0.4) is 0 Å². The van der Waals surface area contributed by atoms with Crippen molar-refractivity contribution in [2.75, 3.05) is 0 Å². The quantitative estimate of drug-likeness (QED) is 0.851. The number of nitrogens with zero attached hydrogens (tertiary/aromatic N) is 1. The second-order valence-electron chi connectivity index (χ2n) is 5.26. The molecule has 0 saturated heterocycles. The van der Waals surface area contributed by atoms with Crippen LogP contribution in [0.25, 0.3) is 0 Å². The van der Waals surface area contributed by atoms with Gasteiger partial charge in [-0.3, -0.25) is 4.55 Å². The molecule has 0 aliphatic rings. The fraction of sp³-hybridized carbons (Fsp3) is 0.462. The highest BCUT2D eigenvalue weighted by molar-refractivity contribution is 7.85. The molecule has 4 nitrogen and oxygen atoms in total. The van der Waals surface area contributed by atoms with Gasteiger partial charge >= 0.3 is 0 Å². The van der Waals surface area contributed by atoms with E-state index in [4.69, 9.17) is 5.26 Å². The van der Waals surface area contributed by atoms with Crippen molar-refractivity contribution in [3.8, 4) is 6.07 Å². The van der Waals surface area contributed by atoms with Crippen molar-refractivity contribution >= 4 is 10.1 Å². The SMILES string of the molecule is Cc1ccc(S(=O)(=O)O)c(CC(C)(C)CC#N)c1. The molecule has 1 rings (SSSR count). The molecule has 0 fully saturated rings. The van der Waals surface area contributed by atoms with Crippen LogP contribution in [0.4, 0.5) is 0 Å². The minimum atomic E-state index is -4.22. The highest BCUT2D eigenvalue weighted by Crippen LogP contribution is 2.29. The lowest BCUT2D eigenvalue weighted by Crippen LogP contribution is -2.16. The molecule has 1 aromatic rings. The van der Waals surface area contributed by atoms with Crippen LogP contribution in [0.1, 0.15) is 31.4 Å². The molecule has 18 heavy (non-hydrogen) atoms. The lowest BCUT2D eigenvalue weighted by Gasteiger charge is -2.22. The molecule has 0 aromatic heterocycles. The van der Waals surface area contributed by atoms with Crippen molar-refractivity contribution in [1.82, 2.24) is 0 Å². The molecule has 0 radical (unpaired) electrons. The molecule has 0 bridgehead atoms. The second-order valence-corrected chi connectivity index (χ2v) is 6.65. The molecule has 0 heterocycles. The molecular weight excluding hydrogens is 250 g/mol. The molecule has 0 atom stereocenters. The highest BCUT2D eigenvalue weighted by atomic mass is 32.2. The lowest BCUT2D eigenvalue weighted by molar-refractivity contribution is 0.369. The third-order valence-corrected chi connectivity index (χ3v) is 3.67. The number of aryl methyl sites for hydroxylation is 1. The van der Waals surface area contributed by atoms with E-state index in [0.717, 1.165) is 5.56 Å². The smallest absolute Gasteiger partial charge is 0.282 e. The molecule has 1 N–H and O–H groups in total. The first kappa shape index (κ1) is 14.7. The fourth-order valence-corrected chi connectivity index (χ4v) is 2.59. The Labute approximate surface area is 108 Å². The van der Waals surface area contributed by atoms with Crippen molar-refractivity contribution in [2.45, 2.75) is 38.5 Å². The predicted octanol–water partition coefficient (Wildman–Crippen LogP) is 2.72. The topological polar surface area (TPSA) is 78.2 Å². The van der Waals surface area contributed by atoms with Gasteiger partial charge in [-0.1, -0.05) is 31.5 Å². The van der Waals surface area contributed by atoms with Gasteiger partial charge < -0.3 is 0 Å². The second kappa shape index (κ2) is 5.09. The summed E-state index contributed by atoms with van der Waals surface area (Å²) >= 11 is 0. The van der Waals surface area contributed by atoms with Gasteiger partial charge in [0.1, 0.15) is 0 Å². The maximum atomic E-state index is 11.3. The molecule has 1 aromatic carbocycles. The van der Waals surface area contributed by atoms with Gasteiger partial charge in [-0.2, -0.15) is 13.7 Å². The van der Waals surface area contributed by atoms with Crippen molar-refractivity contribution in [3.05, 3.63) is 29.3 Å². The van der Waals surface area contributed by atoms with Gasteiger partial charge in [-0.05, 0) is 30.4 Å². The lowest BCUT2D eigenvalue weighted by atomic mass is 9.83. The van der Waals surface area contributed by atoms with Crippen LogP contribution in [-0.4, -0.2) is 13.0 Å². The van der Waals surface area contributed by atoms with Gasteiger partial charge in [0, 0.05) is 6.42 Å². The van der Waals surface area contributed by atoms with Crippen molar-refractivity contribution in [2.24, 2.45) is 5.41 Å². The van der Waals surface area contributed by atoms with E-state index < -0.39 is 10.1 Å². The minimum absolute atomic E-state index is 0.0703. The van der Waals surface area contributed by atoms with E-state index in [9.17, 15) is 13.0 Å². The zero-order valence-electron chi connectivity index (χ0n) is 10.8. The molecular formula is C13H17NO3S. The summed E-state index contributed by atoms with van der Waals surface area (Å²) in [5.74, 6) is 0. The van der Waals surface area contributed by atoms with E-state index >= 15 is 0 Å². The van der Waals surface area contributed by atoms with Gasteiger partial charge in [0.25, 0.3) is 10.1 Å². The molecule has 0 spiro atoms. The zero-order chi connectivity index (χ0) is 14.0. The van der Waals surface area contributed by atoms with Gasteiger partial charge in [-0.15, -0.1) is 0 Å². The number of benzene rings is 1. The van der Waals surface area contributed by atoms with Crippen LogP contribution < -0.4 is 0 Å². The van der Waals surface area contributed by atoms with Crippen molar-refractivity contribution in [3.63, 3.8) is 0 Å². The fourth-order valence-electron chi connectivity index (χ4n) is 1.89. The van der Waals surface area contributed by atoms with E-state index in [1.165, 1.54) is 6.07 Å². The van der Waals surface area contributed by atoms with Gasteiger partial charge in [0.05, 0.1) is 11.0 Å². The average molecular weight is 267 g/mol. The molecule has 0 aliphatic heterocycles. The van der Waals surface area contributed by atoms with E-state index in [-0.39, 0.29) is 10.3 Å². The van der Waals surface area contributed by atoms with E-state index in [0.29, 0.717) is 18.4 Å². The Hall–Kier alpha value is -1.38. The van der Waals surface area contributed by atoms with E-state index in [1.54, 1.807) is 12.1 Å². The molecule has 98 valence electrons. The van der Waals surface area contributed by atoms with Crippen LogP contribution in [0.5, 0.6) is 0 Å². The van der Waals surface area contributed by atoms with Gasteiger partial charge in [-0.25, -0.2) is 0 Å². The maximum Gasteiger partial charge on any atom is 0.294 e. The van der Waals surface area contributed by atoms with E-state index in [1.807, 2.05) is 20.8 Å². The average Bonchev–Trinajstić information content (AvgIpc) is 2.14. The molecule has 0 amide bonds. The highest BCUT2D eigenvalue weighted by Gasteiger charge is 2.23. The summed E-state index contributed by atoms with van der Waals surface area (Å²) < 4.78 is 31.8. The van der Waals surface area contributed by atoms with Crippen LogP contribution in [0.15, 0.2) is 23.1 Å². The molecule has 5 heteroatoms. The Morgan fingerprint density at radius 2 is 2.00 bits per heavy atom. The molecule has 0 saturated carbocycles. The Bertz CT molecular complexity index is 583. The normalized spacial score (nSPS) is 12.2. The number of hydrogen-bond donors (Lipinski definition) is 1. The summed E-state index contributed by atoms with van der Waals surface area (Å²) in [4.78, 5) is -0.0703. The van der Waals surface area contributed by atoms with Gasteiger partial charge in [0.2, 0.25) is 0 Å². The summed E-state index contributed by atoms with van der Waals surface area (Å²) in [6.07, 6.45) is 0.753. The Morgan fingerprint density at radius 3 is 2.50 bits per heavy atom. The van der Waals surface area contributed by atoms with Crippen molar-refractivity contribution in [1.29, 1.82) is 5.26 Å². The summed E-state index contributed by atoms with van der Waals surface area (Å²) in [5, 5.41) is 8.75. The first-order valence-electron chi connectivity index (χ1n) is 5.60. The molecule has 0 aliphatic carbocycles. The number of nitriles is 1. The largest absolute Gasteiger partial charge is 0.294 e.